The molecule has 0 unspecified atom stereocenters. The van der Waals surface area contributed by atoms with Crippen LogP contribution in [0.2, 0.25) is 0 Å². The predicted octanol–water partition coefficient (Wildman–Crippen LogP) is 6.22. The maximum absolute atomic E-state index is 13.8. The maximum atomic E-state index is 13.8. The number of anilines is 2. The van der Waals surface area contributed by atoms with Gasteiger partial charge in [0.2, 0.25) is 0 Å². The highest BCUT2D eigenvalue weighted by atomic mass is 19.4. The van der Waals surface area contributed by atoms with E-state index in [1.807, 2.05) is 12.1 Å². The number of aliphatic carboxylic acids is 1. The van der Waals surface area contributed by atoms with E-state index < -0.39 is 48.1 Å². The minimum atomic E-state index is -4.95. The average Bonchev–Trinajstić information content (AvgIpc) is 2.99. The van der Waals surface area contributed by atoms with Gasteiger partial charge in [-0.3, -0.25) is 9.69 Å². The fraction of sp³-hybridized carbons (Fsp3) is 0.258. The van der Waals surface area contributed by atoms with Crippen LogP contribution >= 0.6 is 0 Å². The Morgan fingerprint density at radius 2 is 1.65 bits per heavy atom. The van der Waals surface area contributed by atoms with E-state index in [1.165, 1.54) is 22.6 Å². The summed E-state index contributed by atoms with van der Waals surface area (Å²) in [5, 5.41) is 22.8. The number of amides is 3. The number of nitrogens with zero attached hydrogens (tertiary/aromatic N) is 1. The molecule has 4 N–H and O–H groups in total. The van der Waals surface area contributed by atoms with Gasteiger partial charge in [0.1, 0.15) is 5.82 Å². The fourth-order valence-electron chi connectivity index (χ4n) is 4.57. The van der Waals surface area contributed by atoms with E-state index in [0.29, 0.717) is 23.4 Å². The molecular formula is C31H29F4N3O5. The van der Waals surface area contributed by atoms with Gasteiger partial charge >= 0.3 is 18.2 Å². The zero-order valence-electron chi connectivity index (χ0n) is 22.8. The number of benzene rings is 3. The van der Waals surface area contributed by atoms with E-state index >= 15 is 0 Å². The van der Waals surface area contributed by atoms with E-state index in [-0.39, 0.29) is 17.8 Å². The maximum Gasteiger partial charge on any atom is 0.419 e. The van der Waals surface area contributed by atoms with Crippen LogP contribution in [0.1, 0.15) is 52.7 Å². The summed E-state index contributed by atoms with van der Waals surface area (Å²) in [6, 6.07) is 14.6. The van der Waals surface area contributed by atoms with Crippen LogP contribution in [0.5, 0.6) is 0 Å². The molecule has 4 rings (SSSR count). The van der Waals surface area contributed by atoms with Crippen LogP contribution in [-0.4, -0.2) is 40.8 Å². The number of urea groups is 1. The molecule has 43 heavy (non-hydrogen) atoms. The second kappa shape index (κ2) is 13.5. The first-order valence-corrected chi connectivity index (χ1v) is 13.4. The molecule has 3 aromatic rings. The highest BCUT2D eigenvalue weighted by Crippen LogP contribution is 2.33. The first-order valence-electron chi connectivity index (χ1n) is 13.4. The third-order valence-corrected chi connectivity index (χ3v) is 6.91. The second-order valence-corrected chi connectivity index (χ2v) is 9.99. The Balaban J connectivity index is 1.57. The minimum Gasteiger partial charge on any atom is -0.479 e. The number of rotatable bonds is 9. The first-order chi connectivity index (χ1) is 20.4. The van der Waals surface area contributed by atoms with Gasteiger partial charge in [0.05, 0.1) is 18.7 Å². The smallest absolute Gasteiger partial charge is 0.419 e. The molecule has 3 aromatic carbocycles. The van der Waals surface area contributed by atoms with Crippen LogP contribution in [0.15, 0.2) is 72.8 Å². The zero-order valence-corrected chi connectivity index (χ0v) is 22.8. The Hall–Kier alpha value is -4.71. The highest BCUT2D eigenvalue weighted by molar-refractivity contribution is 6.02. The molecule has 0 radical (unpaired) electrons. The molecule has 1 aliphatic rings. The molecule has 0 aliphatic heterocycles. The Bertz CT molecular complexity index is 1510. The summed E-state index contributed by atoms with van der Waals surface area (Å²) in [6.45, 7) is -0.531. The van der Waals surface area contributed by atoms with Crippen molar-refractivity contribution in [2.24, 2.45) is 0 Å². The minimum absolute atomic E-state index is 0.0408. The van der Waals surface area contributed by atoms with Crippen LogP contribution in [0.25, 0.3) is 5.57 Å². The number of aliphatic hydroxyl groups is 1. The van der Waals surface area contributed by atoms with Gasteiger partial charge in [0.25, 0.3) is 5.91 Å². The summed E-state index contributed by atoms with van der Waals surface area (Å²) in [4.78, 5) is 37.8. The summed E-state index contributed by atoms with van der Waals surface area (Å²) in [5.74, 6) is -3.56. The van der Waals surface area contributed by atoms with Gasteiger partial charge in [-0.1, -0.05) is 30.3 Å². The van der Waals surface area contributed by atoms with Crippen molar-refractivity contribution in [3.05, 3.63) is 101 Å². The number of halogens is 4. The summed E-state index contributed by atoms with van der Waals surface area (Å²) in [5.41, 5.74) is 1.63. The molecule has 0 aromatic heterocycles. The van der Waals surface area contributed by atoms with Gasteiger partial charge in [-0.15, -0.1) is 0 Å². The van der Waals surface area contributed by atoms with E-state index in [4.69, 9.17) is 5.11 Å². The molecule has 1 aliphatic carbocycles. The van der Waals surface area contributed by atoms with Gasteiger partial charge in [0, 0.05) is 16.9 Å². The van der Waals surface area contributed by atoms with Crippen LogP contribution in [-0.2, 0) is 17.5 Å². The van der Waals surface area contributed by atoms with Crippen molar-refractivity contribution in [2.45, 2.75) is 44.5 Å². The van der Waals surface area contributed by atoms with Crippen molar-refractivity contribution in [1.29, 1.82) is 0 Å². The lowest BCUT2D eigenvalue weighted by Crippen LogP contribution is -2.36. The molecule has 0 fully saturated rings. The van der Waals surface area contributed by atoms with Crippen molar-refractivity contribution in [1.82, 2.24) is 5.32 Å². The number of hydrogen-bond donors (Lipinski definition) is 4. The number of aliphatic hydroxyl groups excluding tert-OH is 1. The Kier molecular flexibility index (Phi) is 9.81. The standard InChI is InChI=1S/C31H29F4N3O5/c32-26-15-12-23(16-25(26)31(33,34)35)37-30(43)38(24-13-10-21(11-14-24)20-4-2-1-3-5-20)18-19-6-8-22(9-7-19)28(40)36-17-27(39)29(41)42/h4,6-16,27,39H,1-3,5,17-18H2,(H,36,40)(H,37,43)(H,41,42)/t27-/m1/s1. The monoisotopic (exact) mass is 599 g/mol. The molecule has 8 nitrogen and oxygen atoms in total. The SMILES string of the molecule is O=C(NC[C@@H](O)C(=O)O)c1ccc(CN(C(=O)Nc2ccc(F)c(C(F)(F)F)c2)c2ccc(C3=CCCCC3)cc2)cc1. The first kappa shape index (κ1) is 31.2. The lowest BCUT2D eigenvalue weighted by atomic mass is 9.93. The number of carbonyl (C=O) groups excluding carboxylic acids is 2. The molecule has 0 bridgehead atoms. The van der Waals surface area contributed by atoms with Crippen LogP contribution in [0, 0.1) is 5.82 Å². The predicted molar refractivity (Wildman–Crippen MR) is 152 cm³/mol. The normalized spacial score (nSPS) is 13.9. The molecule has 1 atom stereocenters. The molecule has 0 saturated carbocycles. The molecule has 0 heterocycles. The van der Waals surface area contributed by atoms with Crippen molar-refractivity contribution in [3.63, 3.8) is 0 Å². The molecule has 12 heteroatoms. The van der Waals surface area contributed by atoms with Crippen LogP contribution < -0.4 is 15.5 Å². The number of carboxylic acids is 1. The number of nitrogens with one attached hydrogen (secondary N) is 2. The number of hydrogen-bond acceptors (Lipinski definition) is 4. The quantitative estimate of drug-likeness (QED) is 0.218. The van der Waals surface area contributed by atoms with Gasteiger partial charge in [0.15, 0.2) is 6.10 Å². The van der Waals surface area contributed by atoms with Crippen molar-refractivity contribution in [2.75, 3.05) is 16.8 Å². The molecule has 3 amide bonds. The summed E-state index contributed by atoms with van der Waals surface area (Å²) in [6.07, 6.45) is -0.413. The van der Waals surface area contributed by atoms with E-state index in [1.54, 1.807) is 24.3 Å². The Labute approximate surface area is 244 Å². The van der Waals surface area contributed by atoms with Gasteiger partial charge in [-0.25, -0.2) is 14.0 Å². The van der Waals surface area contributed by atoms with Crippen LogP contribution in [0.3, 0.4) is 0 Å². The number of alkyl halides is 3. The van der Waals surface area contributed by atoms with Crippen molar-refractivity contribution < 1.29 is 42.2 Å². The molecule has 0 spiro atoms. The molecule has 226 valence electrons. The third kappa shape index (κ3) is 8.19. The summed E-state index contributed by atoms with van der Waals surface area (Å²) >= 11 is 0. The summed E-state index contributed by atoms with van der Waals surface area (Å²) in [7, 11) is 0. The van der Waals surface area contributed by atoms with Gasteiger partial charge in [-0.05, 0) is 84.8 Å². The molecular weight excluding hydrogens is 570 g/mol. The van der Waals surface area contributed by atoms with E-state index in [2.05, 4.69) is 16.7 Å². The number of allylic oxidation sites excluding steroid dienone is 2. The van der Waals surface area contributed by atoms with Crippen LogP contribution in [0.4, 0.5) is 33.7 Å². The fourth-order valence-corrected chi connectivity index (χ4v) is 4.57. The molecule has 0 saturated heterocycles. The largest absolute Gasteiger partial charge is 0.479 e. The Morgan fingerprint density at radius 1 is 0.953 bits per heavy atom. The number of carboxylic acid groups (broad SMARTS) is 1. The van der Waals surface area contributed by atoms with Crippen molar-refractivity contribution in [3.8, 4) is 0 Å². The van der Waals surface area contributed by atoms with Gasteiger partial charge in [-0.2, -0.15) is 13.2 Å². The van der Waals surface area contributed by atoms with Gasteiger partial charge < -0.3 is 20.8 Å². The topological polar surface area (TPSA) is 119 Å². The zero-order chi connectivity index (χ0) is 31.1. The highest BCUT2D eigenvalue weighted by Gasteiger charge is 2.34. The lowest BCUT2D eigenvalue weighted by Gasteiger charge is -2.24. The average molecular weight is 600 g/mol. The van der Waals surface area contributed by atoms with E-state index in [9.17, 15) is 37.1 Å². The third-order valence-electron chi connectivity index (χ3n) is 6.91. The lowest BCUT2D eigenvalue weighted by molar-refractivity contribution is -0.146. The van der Waals surface area contributed by atoms with E-state index in [0.717, 1.165) is 37.3 Å². The summed E-state index contributed by atoms with van der Waals surface area (Å²) < 4.78 is 53.5. The number of carbonyl (C=O) groups is 3. The van der Waals surface area contributed by atoms with Crippen molar-refractivity contribution >= 4 is 34.9 Å². The second-order valence-electron chi connectivity index (χ2n) is 9.99. The Morgan fingerprint density at radius 3 is 2.26 bits per heavy atom.